The molecule has 0 spiro atoms. The zero-order valence-corrected chi connectivity index (χ0v) is 22.4. The van der Waals surface area contributed by atoms with Crippen LogP contribution in [0.1, 0.15) is 115 Å². The second-order valence-electron chi connectivity index (χ2n) is 9.20. The van der Waals surface area contributed by atoms with Crippen molar-refractivity contribution in [3.63, 3.8) is 0 Å². The van der Waals surface area contributed by atoms with Gasteiger partial charge in [0, 0.05) is 9.79 Å². The maximum Gasteiger partial charge on any atom is 0.0186 e. The molecule has 178 valence electrons. The van der Waals surface area contributed by atoms with E-state index in [9.17, 15) is 0 Å². The van der Waals surface area contributed by atoms with E-state index < -0.39 is 0 Å². The third kappa shape index (κ3) is 13.0. The molecule has 0 aliphatic carbocycles. The molecular formula is C30H46S2. The van der Waals surface area contributed by atoms with Crippen LogP contribution in [0.25, 0.3) is 0 Å². The summed E-state index contributed by atoms with van der Waals surface area (Å²) >= 11 is 0. The fourth-order valence-electron chi connectivity index (χ4n) is 4.09. The third-order valence-electron chi connectivity index (χ3n) is 6.22. The van der Waals surface area contributed by atoms with E-state index >= 15 is 0 Å². The molecule has 0 saturated heterocycles. The van der Waals surface area contributed by atoms with Crippen LogP contribution in [-0.4, -0.2) is 0 Å². The van der Waals surface area contributed by atoms with E-state index in [-0.39, 0.29) is 0 Å². The maximum atomic E-state index is 2.32. The Kier molecular flexibility index (Phi) is 15.9. The first-order valence-corrected chi connectivity index (χ1v) is 15.5. The van der Waals surface area contributed by atoms with Gasteiger partial charge in [0.2, 0.25) is 0 Å². The van der Waals surface area contributed by atoms with Crippen molar-refractivity contribution in [1.29, 1.82) is 0 Å². The number of hydrogen-bond acceptors (Lipinski definition) is 2. The summed E-state index contributed by atoms with van der Waals surface area (Å²) in [6.45, 7) is 4.57. The molecule has 0 saturated carbocycles. The number of benzene rings is 2. The molecule has 0 N–H and O–H groups in total. The lowest BCUT2D eigenvalue weighted by atomic mass is 10.0. The standard InChI is InChI=1S/C30H46S2/c1-3-5-7-9-11-13-15-17-27-19-23-29(24-20-27)31-32-30-25-21-28(22-26-30)18-16-14-12-10-8-6-4-2/h19-26H,3-18H2,1-2H3. The van der Waals surface area contributed by atoms with Gasteiger partial charge in [-0.25, -0.2) is 0 Å². The van der Waals surface area contributed by atoms with Crippen LogP contribution in [0.3, 0.4) is 0 Å². The molecule has 0 unspecified atom stereocenters. The van der Waals surface area contributed by atoms with Crippen molar-refractivity contribution >= 4 is 21.6 Å². The second kappa shape index (κ2) is 18.6. The Balaban J connectivity index is 1.58. The van der Waals surface area contributed by atoms with Crippen molar-refractivity contribution in [1.82, 2.24) is 0 Å². The molecule has 2 rings (SSSR count). The molecular weight excluding hydrogens is 424 g/mol. The number of unbranched alkanes of at least 4 members (excludes halogenated alkanes) is 12. The van der Waals surface area contributed by atoms with Gasteiger partial charge >= 0.3 is 0 Å². The zero-order chi connectivity index (χ0) is 22.7. The zero-order valence-electron chi connectivity index (χ0n) is 20.7. The normalized spacial score (nSPS) is 11.2. The lowest BCUT2D eigenvalue weighted by Crippen LogP contribution is -1.87. The Morgan fingerprint density at radius 1 is 0.406 bits per heavy atom. The Morgan fingerprint density at radius 2 is 0.719 bits per heavy atom. The van der Waals surface area contributed by atoms with Gasteiger partial charge in [-0.1, -0.05) is 137 Å². The Morgan fingerprint density at radius 3 is 1.06 bits per heavy atom. The SMILES string of the molecule is CCCCCCCCCc1ccc(SSc2ccc(CCCCCCCCC)cc2)cc1. The first kappa shape index (κ1) is 27.4. The smallest absolute Gasteiger partial charge is 0.0186 e. The Hall–Kier alpha value is -0.860. The molecule has 0 aliphatic rings. The molecule has 0 radical (unpaired) electrons. The van der Waals surface area contributed by atoms with E-state index in [4.69, 9.17) is 0 Å². The van der Waals surface area contributed by atoms with Crippen molar-refractivity contribution in [2.75, 3.05) is 0 Å². The van der Waals surface area contributed by atoms with Gasteiger partial charge in [-0.05, 0) is 61.1 Å². The van der Waals surface area contributed by atoms with Gasteiger partial charge in [0.1, 0.15) is 0 Å². The van der Waals surface area contributed by atoms with Gasteiger partial charge in [-0.2, -0.15) is 0 Å². The van der Waals surface area contributed by atoms with Crippen LogP contribution in [0.15, 0.2) is 58.3 Å². The summed E-state index contributed by atoms with van der Waals surface area (Å²) in [5, 5.41) is 0. The van der Waals surface area contributed by atoms with E-state index in [2.05, 4.69) is 62.4 Å². The Bertz CT molecular complexity index is 613. The van der Waals surface area contributed by atoms with Crippen LogP contribution in [0.2, 0.25) is 0 Å². The molecule has 0 bridgehead atoms. The van der Waals surface area contributed by atoms with Crippen molar-refractivity contribution in [3.8, 4) is 0 Å². The monoisotopic (exact) mass is 470 g/mol. The van der Waals surface area contributed by atoms with Crippen LogP contribution >= 0.6 is 21.6 Å². The molecule has 0 heterocycles. The minimum Gasteiger partial charge on any atom is -0.0654 e. The van der Waals surface area contributed by atoms with Gasteiger partial charge in [-0.15, -0.1) is 0 Å². The lowest BCUT2D eigenvalue weighted by Gasteiger charge is -2.06. The molecule has 0 nitrogen and oxygen atoms in total. The number of rotatable bonds is 19. The van der Waals surface area contributed by atoms with E-state index in [1.807, 2.05) is 21.6 Å². The molecule has 0 aromatic heterocycles. The summed E-state index contributed by atoms with van der Waals surface area (Å²) in [6, 6.07) is 18.5. The van der Waals surface area contributed by atoms with Crippen LogP contribution in [0, 0.1) is 0 Å². The summed E-state index contributed by atoms with van der Waals surface area (Å²) in [5.41, 5.74) is 2.98. The van der Waals surface area contributed by atoms with Gasteiger partial charge in [-0.3, -0.25) is 0 Å². The third-order valence-corrected chi connectivity index (χ3v) is 8.64. The highest BCUT2D eigenvalue weighted by Crippen LogP contribution is 2.37. The van der Waals surface area contributed by atoms with E-state index in [0.29, 0.717) is 0 Å². The molecule has 32 heavy (non-hydrogen) atoms. The maximum absolute atomic E-state index is 2.32. The van der Waals surface area contributed by atoms with Crippen molar-refractivity contribution in [3.05, 3.63) is 59.7 Å². The largest absolute Gasteiger partial charge is 0.0654 e. The lowest BCUT2D eigenvalue weighted by molar-refractivity contribution is 0.589. The first-order chi connectivity index (χ1) is 15.8. The summed E-state index contributed by atoms with van der Waals surface area (Å²) in [4.78, 5) is 2.70. The fourth-order valence-corrected chi connectivity index (χ4v) is 6.02. The minimum absolute atomic E-state index is 1.23. The average Bonchev–Trinajstić information content (AvgIpc) is 2.83. The summed E-state index contributed by atoms with van der Waals surface area (Å²) in [5.74, 6) is 0. The molecule has 0 atom stereocenters. The highest BCUT2D eigenvalue weighted by molar-refractivity contribution is 8.76. The van der Waals surface area contributed by atoms with E-state index in [0.717, 1.165) is 0 Å². The van der Waals surface area contributed by atoms with Gasteiger partial charge in [0.05, 0.1) is 0 Å². The molecule has 2 aromatic rings. The topological polar surface area (TPSA) is 0 Å². The summed E-state index contributed by atoms with van der Waals surface area (Å²) in [7, 11) is 3.75. The molecule has 2 heteroatoms. The molecule has 0 fully saturated rings. The van der Waals surface area contributed by atoms with E-state index in [1.165, 1.54) is 124 Å². The first-order valence-electron chi connectivity index (χ1n) is 13.3. The fraction of sp³-hybridized carbons (Fsp3) is 0.600. The quantitative estimate of drug-likeness (QED) is 0.148. The summed E-state index contributed by atoms with van der Waals surface area (Å²) < 4.78 is 0. The minimum atomic E-state index is 1.23. The van der Waals surface area contributed by atoms with Gasteiger partial charge in [0.15, 0.2) is 0 Å². The predicted molar refractivity (Wildman–Crippen MR) is 148 cm³/mol. The van der Waals surface area contributed by atoms with Crippen molar-refractivity contribution < 1.29 is 0 Å². The van der Waals surface area contributed by atoms with E-state index in [1.54, 1.807) is 0 Å². The van der Waals surface area contributed by atoms with Crippen LogP contribution in [0.4, 0.5) is 0 Å². The predicted octanol–water partition coefficient (Wildman–Crippen LogP) is 11.1. The summed E-state index contributed by atoms with van der Waals surface area (Å²) in [6.07, 6.45) is 21.9. The second-order valence-corrected chi connectivity index (χ2v) is 11.5. The van der Waals surface area contributed by atoms with Gasteiger partial charge in [0.25, 0.3) is 0 Å². The number of hydrogen-bond donors (Lipinski definition) is 0. The Labute approximate surface area is 207 Å². The van der Waals surface area contributed by atoms with Crippen LogP contribution < -0.4 is 0 Å². The molecule has 2 aromatic carbocycles. The van der Waals surface area contributed by atoms with Crippen LogP contribution in [-0.2, 0) is 12.8 Å². The van der Waals surface area contributed by atoms with Crippen LogP contribution in [0.5, 0.6) is 0 Å². The van der Waals surface area contributed by atoms with Gasteiger partial charge < -0.3 is 0 Å². The average molecular weight is 471 g/mol. The van der Waals surface area contributed by atoms with Crippen molar-refractivity contribution in [2.24, 2.45) is 0 Å². The highest BCUT2D eigenvalue weighted by atomic mass is 33.1. The molecule has 0 amide bonds. The molecule has 0 aliphatic heterocycles. The number of aryl methyl sites for hydroxylation is 2. The van der Waals surface area contributed by atoms with Crippen molar-refractivity contribution in [2.45, 2.75) is 126 Å². The highest BCUT2D eigenvalue weighted by Gasteiger charge is 2.01.